The summed E-state index contributed by atoms with van der Waals surface area (Å²) in [6, 6.07) is 10.3. The molecule has 0 aliphatic heterocycles. The van der Waals surface area contributed by atoms with Crippen molar-refractivity contribution in [2.75, 3.05) is 18.2 Å². The number of rotatable bonds is 9. The van der Waals surface area contributed by atoms with Gasteiger partial charge in [-0.15, -0.1) is 0 Å². The van der Waals surface area contributed by atoms with Crippen molar-refractivity contribution in [3.8, 4) is 0 Å². The molecule has 0 atom stereocenters. The predicted octanol–water partition coefficient (Wildman–Crippen LogP) is 4.42. The van der Waals surface area contributed by atoms with Crippen LogP contribution < -0.4 is 10.5 Å². The standard InChI is InChI=1S/C20H18ClF3N4O3S/c1-13(30)27(25-11-14-4-2-3-5-16(14)21)8-9-31-28(12-29)19-26-17-7-6-15(20(22,23)24)10-18(17)32-19/h2-7,10,12,25H,8-9,11H2,1H3. The number of halogens is 4. The number of hydrogen-bond donors (Lipinski definition) is 1. The van der Waals surface area contributed by atoms with Crippen LogP contribution in [0.15, 0.2) is 42.5 Å². The highest BCUT2D eigenvalue weighted by Crippen LogP contribution is 2.35. The number of anilines is 1. The largest absolute Gasteiger partial charge is 0.416 e. The molecule has 170 valence electrons. The summed E-state index contributed by atoms with van der Waals surface area (Å²) in [5, 5.41) is 2.76. The van der Waals surface area contributed by atoms with Gasteiger partial charge in [-0.05, 0) is 29.8 Å². The molecule has 0 radical (unpaired) electrons. The average Bonchev–Trinajstić information content (AvgIpc) is 3.16. The monoisotopic (exact) mass is 486 g/mol. The highest BCUT2D eigenvalue weighted by atomic mass is 35.5. The van der Waals surface area contributed by atoms with Crippen molar-refractivity contribution in [2.45, 2.75) is 19.6 Å². The minimum Gasteiger partial charge on any atom is -0.276 e. The van der Waals surface area contributed by atoms with E-state index < -0.39 is 11.7 Å². The zero-order valence-corrected chi connectivity index (χ0v) is 18.3. The minimum absolute atomic E-state index is 0.0719. The van der Waals surface area contributed by atoms with Crippen molar-refractivity contribution in [2.24, 2.45) is 0 Å². The Morgan fingerprint density at radius 3 is 2.69 bits per heavy atom. The first-order chi connectivity index (χ1) is 15.2. The highest BCUT2D eigenvalue weighted by Gasteiger charge is 2.31. The van der Waals surface area contributed by atoms with E-state index >= 15 is 0 Å². The fourth-order valence-corrected chi connectivity index (χ4v) is 3.85. The van der Waals surface area contributed by atoms with E-state index in [0.29, 0.717) is 23.5 Å². The number of fused-ring (bicyclic) bond motifs is 1. The van der Waals surface area contributed by atoms with Gasteiger partial charge in [0.25, 0.3) is 0 Å². The lowest BCUT2D eigenvalue weighted by Crippen LogP contribution is -2.44. The maximum Gasteiger partial charge on any atom is 0.416 e. The van der Waals surface area contributed by atoms with Crippen LogP contribution in [0.2, 0.25) is 5.02 Å². The number of aromatic nitrogens is 1. The van der Waals surface area contributed by atoms with E-state index in [1.54, 1.807) is 12.1 Å². The van der Waals surface area contributed by atoms with Crippen LogP contribution in [0.25, 0.3) is 10.2 Å². The van der Waals surface area contributed by atoms with Crippen LogP contribution in [-0.2, 0) is 27.1 Å². The zero-order valence-electron chi connectivity index (χ0n) is 16.7. The van der Waals surface area contributed by atoms with Gasteiger partial charge in [0.05, 0.1) is 28.9 Å². The van der Waals surface area contributed by atoms with Gasteiger partial charge in [0, 0.05) is 18.5 Å². The van der Waals surface area contributed by atoms with Crippen molar-refractivity contribution in [1.29, 1.82) is 0 Å². The third kappa shape index (κ3) is 5.94. The Hall–Kier alpha value is -2.73. The lowest BCUT2D eigenvalue weighted by atomic mass is 10.2. The number of carbonyl (C=O) groups is 2. The summed E-state index contributed by atoms with van der Waals surface area (Å²) in [5.74, 6) is -0.280. The van der Waals surface area contributed by atoms with Crippen LogP contribution in [0.4, 0.5) is 18.3 Å². The normalized spacial score (nSPS) is 11.5. The van der Waals surface area contributed by atoms with E-state index in [0.717, 1.165) is 34.1 Å². The van der Waals surface area contributed by atoms with E-state index in [2.05, 4.69) is 10.4 Å². The van der Waals surface area contributed by atoms with Gasteiger partial charge in [-0.3, -0.25) is 19.4 Å². The van der Waals surface area contributed by atoms with Crippen LogP contribution in [0, 0.1) is 0 Å². The number of alkyl halides is 3. The van der Waals surface area contributed by atoms with E-state index in [-0.39, 0.29) is 28.9 Å². The lowest BCUT2D eigenvalue weighted by Gasteiger charge is -2.23. The second-order valence-electron chi connectivity index (χ2n) is 6.54. The van der Waals surface area contributed by atoms with E-state index in [1.165, 1.54) is 18.0 Å². The minimum atomic E-state index is -4.48. The Kier molecular flexibility index (Phi) is 7.67. The molecule has 1 aromatic heterocycles. The third-order valence-corrected chi connectivity index (χ3v) is 5.70. The van der Waals surface area contributed by atoms with Crippen molar-refractivity contribution in [3.63, 3.8) is 0 Å². The molecule has 0 saturated heterocycles. The van der Waals surface area contributed by atoms with E-state index in [9.17, 15) is 22.8 Å². The quantitative estimate of drug-likeness (QED) is 0.358. The third-order valence-electron chi connectivity index (χ3n) is 4.33. The number of nitrogens with zero attached hydrogens (tertiary/aromatic N) is 3. The van der Waals surface area contributed by atoms with Crippen LogP contribution in [0.5, 0.6) is 0 Å². The second-order valence-corrected chi connectivity index (χ2v) is 7.95. The Labute approximate surface area is 190 Å². The fraction of sp³-hybridized carbons (Fsp3) is 0.250. The number of carbonyl (C=O) groups excluding carboxylic acids is 2. The van der Waals surface area contributed by atoms with Gasteiger partial charge in [-0.2, -0.15) is 18.2 Å². The number of hydrogen-bond acceptors (Lipinski definition) is 6. The van der Waals surface area contributed by atoms with Crippen LogP contribution in [-0.4, -0.2) is 35.5 Å². The number of hydrazine groups is 1. The molecule has 3 rings (SSSR count). The van der Waals surface area contributed by atoms with Crippen molar-refractivity contribution in [3.05, 3.63) is 58.6 Å². The predicted molar refractivity (Wildman–Crippen MR) is 115 cm³/mol. The van der Waals surface area contributed by atoms with Gasteiger partial charge in [0.15, 0.2) is 0 Å². The summed E-state index contributed by atoms with van der Waals surface area (Å²) in [5.41, 5.74) is 3.24. The Morgan fingerprint density at radius 2 is 2.03 bits per heavy atom. The molecule has 2 amide bonds. The van der Waals surface area contributed by atoms with E-state index in [4.69, 9.17) is 16.4 Å². The molecule has 0 spiro atoms. The van der Waals surface area contributed by atoms with Gasteiger partial charge >= 0.3 is 6.18 Å². The summed E-state index contributed by atoms with van der Waals surface area (Å²) in [7, 11) is 0. The topological polar surface area (TPSA) is 74.8 Å². The van der Waals surface area contributed by atoms with Gasteiger partial charge < -0.3 is 0 Å². The molecule has 0 aliphatic rings. The van der Waals surface area contributed by atoms with Crippen LogP contribution in [0.1, 0.15) is 18.1 Å². The number of amides is 2. The molecule has 32 heavy (non-hydrogen) atoms. The SMILES string of the molecule is CC(=O)N(CCON(C=O)c1nc2ccc(C(F)(F)F)cc2s1)NCc1ccccc1Cl. The van der Waals surface area contributed by atoms with Gasteiger partial charge in [-0.1, -0.05) is 41.1 Å². The highest BCUT2D eigenvalue weighted by molar-refractivity contribution is 7.22. The molecular weight excluding hydrogens is 469 g/mol. The molecule has 3 aromatic rings. The van der Waals surface area contributed by atoms with Crippen LogP contribution >= 0.6 is 22.9 Å². The number of benzene rings is 2. The average molecular weight is 487 g/mol. The summed E-state index contributed by atoms with van der Waals surface area (Å²) >= 11 is 6.99. The first-order valence-electron chi connectivity index (χ1n) is 9.29. The molecule has 1 heterocycles. The molecule has 0 fully saturated rings. The van der Waals surface area contributed by atoms with Crippen molar-refractivity contribution >= 4 is 50.6 Å². The molecule has 7 nitrogen and oxygen atoms in total. The fourth-order valence-electron chi connectivity index (χ4n) is 2.71. The maximum absolute atomic E-state index is 12.9. The van der Waals surface area contributed by atoms with Gasteiger partial charge in [0.2, 0.25) is 17.4 Å². The lowest BCUT2D eigenvalue weighted by molar-refractivity contribution is -0.137. The zero-order chi connectivity index (χ0) is 23.3. The summed E-state index contributed by atoms with van der Waals surface area (Å²) in [6.45, 7) is 1.68. The first kappa shape index (κ1) is 23.9. The second kappa shape index (κ2) is 10.3. The molecule has 0 saturated carbocycles. The smallest absolute Gasteiger partial charge is 0.276 e. The molecule has 2 aromatic carbocycles. The van der Waals surface area contributed by atoms with Crippen LogP contribution in [0.3, 0.4) is 0 Å². The molecule has 1 N–H and O–H groups in total. The molecule has 0 bridgehead atoms. The molecular formula is C20H18ClF3N4O3S. The Balaban J connectivity index is 1.61. The molecule has 0 aliphatic carbocycles. The Bertz CT molecular complexity index is 1110. The molecule has 0 unspecified atom stereocenters. The summed E-state index contributed by atoms with van der Waals surface area (Å²) in [6.07, 6.45) is -4.12. The number of nitrogens with one attached hydrogen (secondary N) is 1. The number of hydroxylamine groups is 1. The first-order valence-corrected chi connectivity index (χ1v) is 10.5. The van der Waals surface area contributed by atoms with Gasteiger partial charge in [-0.25, -0.2) is 10.4 Å². The van der Waals surface area contributed by atoms with Crippen molar-refractivity contribution in [1.82, 2.24) is 15.4 Å². The summed E-state index contributed by atoms with van der Waals surface area (Å²) < 4.78 is 38.9. The summed E-state index contributed by atoms with van der Waals surface area (Å²) in [4.78, 5) is 32.9. The number of thiazole rings is 1. The van der Waals surface area contributed by atoms with E-state index in [1.807, 2.05) is 12.1 Å². The van der Waals surface area contributed by atoms with Crippen molar-refractivity contribution < 1.29 is 27.6 Å². The molecule has 12 heteroatoms. The Morgan fingerprint density at radius 1 is 1.28 bits per heavy atom. The van der Waals surface area contributed by atoms with Gasteiger partial charge in [0.1, 0.15) is 0 Å². The maximum atomic E-state index is 12.9.